The van der Waals surface area contributed by atoms with Crippen LogP contribution in [0.5, 0.6) is 0 Å². The van der Waals surface area contributed by atoms with Gasteiger partial charge in [0.25, 0.3) is 0 Å². The number of benzene rings is 4. The van der Waals surface area contributed by atoms with E-state index in [-0.39, 0.29) is 5.41 Å². The molecule has 0 nitrogen and oxygen atoms in total. The lowest BCUT2D eigenvalue weighted by atomic mass is 9.81. The molecule has 150 valence electrons. The predicted molar refractivity (Wildman–Crippen MR) is 135 cm³/mol. The second-order valence-corrected chi connectivity index (χ2v) is 8.72. The van der Waals surface area contributed by atoms with Gasteiger partial charge in [-0.2, -0.15) is 0 Å². The van der Waals surface area contributed by atoms with Crippen molar-refractivity contribution in [3.63, 3.8) is 0 Å². The minimum Gasteiger partial charge on any atom is -0.0622 e. The molecule has 0 aliphatic heterocycles. The first-order valence-electron chi connectivity index (χ1n) is 10.9. The molecule has 0 saturated heterocycles. The quantitative estimate of drug-likeness (QED) is 0.303. The summed E-state index contributed by atoms with van der Waals surface area (Å²) in [4.78, 5) is 0. The molecule has 0 N–H and O–H groups in total. The van der Waals surface area contributed by atoms with Crippen molar-refractivity contribution in [3.8, 4) is 11.1 Å². The Labute approximate surface area is 185 Å². The van der Waals surface area contributed by atoms with Gasteiger partial charge in [0, 0.05) is 5.41 Å². The molecule has 0 unspecified atom stereocenters. The van der Waals surface area contributed by atoms with E-state index in [0.717, 1.165) is 0 Å². The molecule has 0 amide bonds. The van der Waals surface area contributed by atoms with E-state index < -0.39 is 0 Å². The van der Waals surface area contributed by atoms with E-state index in [2.05, 4.69) is 135 Å². The zero-order chi connectivity index (χ0) is 21.3. The Morgan fingerprint density at radius 1 is 0.452 bits per heavy atom. The van der Waals surface area contributed by atoms with Gasteiger partial charge in [0.15, 0.2) is 0 Å². The maximum absolute atomic E-state index is 2.36. The summed E-state index contributed by atoms with van der Waals surface area (Å²) in [6, 6.07) is 34.7. The molecule has 0 heterocycles. The molecular formula is C31H26. The third kappa shape index (κ3) is 3.78. The summed E-state index contributed by atoms with van der Waals surface area (Å²) in [5, 5.41) is 0. The molecule has 31 heavy (non-hydrogen) atoms. The van der Waals surface area contributed by atoms with Gasteiger partial charge in [0.05, 0.1) is 0 Å². The van der Waals surface area contributed by atoms with Crippen LogP contribution in [-0.4, -0.2) is 0 Å². The fourth-order valence-corrected chi connectivity index (χ4v) is 4.49. The molecule has 0 radical (unpaired) electrons. The van der Waals surface area contributed by atoms with E-state index in [9.17, 15) is 0 Å². The van der Waals surface area contributed by atoms with Crippen molar-refractivity contribution in [1.29, 1.82) is 0 Å². The smallest absolute Gasteiger partial charge is 0.0159 e. The molecule has 5 rings (SSSR count). The van der Waals surface area contributed by atoms with Gasteiger partial charge in [0.1, 0.15) is 0 Å². The monoisotopic (exact) mass is 398 g/mol. The fraction of sp³-hybridized carbons (Fsp3) is 0.0968. The Morgan fingerprint density at radius 2 is 0.839 bits per heavy atom. The molecule has 1 aliphatic carbocycles. The Kier molecular flexibility index (Phi) is 4.92. The lowest BCUT2D eigenvalue weighted by molar-refractivity contribution is 0.660. The SMILES string of the molecule is CC1(C)c2cc(/C=C/c3ccccc3)ccc2-c2ccc(/C=C/c3ccccc3)cc21. The van der Waals surface area contributed by atoms with E-state index in [1.54, 1.807) is 0 Å². The van der Waals surface area contributed by atoms with Crippen LogP contribution < -0.4 is 0 Å². The zero-order valence-electron chi connectivity index (χ0n) is 18.0. The van der Waals surface area contributed by atoms with Gasteiger partial charge in [-0.05, 0) is 44.5 Å². The molecule has 4 aromatic rings. The Hall–Kier alpha value is -3.64. The van der Waals surface area contributed by atoms with Crippen LogP contribution in [0.3, 0.4) is 0 Å². The number of hydrogen-bond acceptors (Lipinski definition) is 0. The first kappa shape index (κ1) is 19.3. The summed E-state index contributed by atoms with van der Waals surface area (Å²) in [5.74, 6) is 0. The van der Waals surface area contributed by atoms with Gasteiger partial charge < -0.3 is 0 Å². The van der Waals surface area contributed by atoms with E-state index in [1.165, 1.54) is 44.5 Å². The van der Waals surface area contributed by atoms with Crippen LogP contribution in [0.25, 0.3) is 35.4 Å². The molecule has 0 fully saturated rings. The zero-order valence-corrected chi connectivity index (χ0v) is 18.0. The summed E-state index contributed by atoms with van der Waals surface area (Å²) in [6.45, 7) is 4.68. The van der Waals surface area contributed by atoms with Gasteiger partial charge in [0.2, 0.25) is 0 Å². The first-order chi connectivity index (χ1) is 15.1. The topological polar surface area (TPSA) is 0 Å². The molecule has 1 aliphatic rings. The highest BCUT2D eigenvalue weighted by Crippen LogP contribution is 2.49. The summed E-state index contributed by atoms with van der Waals surface area (Å²) < 4.78 is 0. The largest absolute Gasteiger partial charge is 0.0622 e. The van der Waals surface area contributed by atoms with Crippen molar-refractivity contribution in [3.05, 3.63) is 130 Å². The van der Waals surface area contributed by atoms with Crippen molar-refractivity contribution < 1.29 is 0 Å². The normalized spacial score (nSPS) is 14.1. The summed E-state index contributed by atoms with van der Waals surface area (Å²) in [5.41, 5.74) is 10.4. The van der Waals surface area contributed by atoms with Crippen molar-refractivity contribution in [2.24, 2.45) is 0 Å². The van der Waals surface area contributed by atoms with Crippen LogP contribution in [0.1, 0.15) is 47.2 Å². The average Bonchev–Trinajstić information content (AvgIpc) is 3.04. The number of hydrogen-bond donors (Lipinski definition) is 0. The minimum atomic E-state index is -0.0160. The van der Waals surface area contributed by atoms with Crippen LogP contribution in [0, 0.1) is 0 Å². The highest BCUT2D eigenvalue weighted by atomic mass is 14.4. The first-order valence-corrected chi connectivity index (χ1v) is 10.9. The van der Waals surface area contributed by atoms with Crippen molar-refractivity contribution in [2.75, 3.05) is 0 Å². The molecule has 0 spiro atoms. The Balaban J connectivity index is 1.47. The van der Waals surface area contributed by atoms with Gasteiger partial charge in [-0.3, -0.25) is 0 Å². The van der Waals surface area contributed by atoms with E-state index in [4.69, 9.17) is 0 Å². The Morgan fingerprint density at radius 3 is 1.26 bits per heavy atom. The molecule has 0 bridgehead atoms. The molecule has 0 atom stereocenters. The number of fused-ring (bicyclic) bond motifs is 3. The predicted octanol–water partition coefficient (Wildman–Crippen LogP) is 8.33. The van der Waals surface area contributed by atoms with Crippen LogP contribution in [0.2, 0.25) is 0 Å². The van der Waals surface area contributed by atoms with Crippen LogP contribution in [0.15, 0.2) is 97.1 Å². The lowest BCUT2D eigenvalue weighted by Gasteiger charge is -2.22. The summed E-state index contributed by atoms with van der Waals surface area (Å²) in [6.07, 6.45) is 8.79. The molecule has 0 aromatic heterocycles. The fourth-order valence-electron chi connectivity index (χ4n) is 4.49. The molecular weight excluding hydrogens is 372 g/mol. The van der Waals surface area contributed by atoms with Crippen LogP contribution in [-0.2, 0) is 5.41 Å². The van der Waals surface area contributed by atoms with Gasteiger partial charge in [-0.15, -0.1) is 0 Å². The molecule has 0 heteroatoms. The average molecular weight is 399 g/mol. The highest BCUT2D eigenvalue weighted by molar-refractivity contribution is 5.84. The maximum Gasteiger partial charge on any atom is 0.0159 e. The van der Waals surface area contributed by atoms with Crippen molar-refractivity contribution >= 4 is 24.3 Å². The van der Waals surface area contributed by atoms with Crippen molar-refractivity contribution in [1.82, 2.24) is 0 Å². The summed E-state index contributed by atoms with van der Waals surface area (Å²) in [7, 11) is 0. The van der Waals surface area contributed by atoms with Crippen molar-refractivity contribution in [2.45, 2.75) is 19.3 Å². The van der Waals surface area contributed by atoms with E-state index in [1.807, 2.05) is 0 Å². The molecule has 4 aromatic carbocycles. The summed E-state index contributed by atoms with van der Waals surface area (Å²) >= 11 is 0. The third-order valence-electron chi connectivity index (χ3n) is 6.26. The maximum atomic E-state index is 2.36. The van der Waals surface area contributed by atoms with Gasteiger partial charge in [-0.1, -0.05) is 135 Å². The van der Waals surface area contributed by atoms with Gasteiger partial charge >= 0.3 is 0 Å². The van der Waals surface area contributed by atoms with Gasteiger partial charge in [-0.25, -0.2) is 0 Å². The highest BCUT2D eigenvalue weighted by Gasteiger charge is 2.35. The second-order valence-electron chi connectivity index (χ2n) is 8.72. The second kappa shape index (κ2) is 7.89. The molecule has 0 saturated carbocycles. The third-order valence-corrected chi connectivity index (χ3v) is 6.26. The Bertz CT molecular complexity index is 1170. The van der Waals surface area contributed by atoms with Crippen LogP contribution in [0.4, 0.5) is 0 Å². The van der Waals surface area contributed by atoms with E-state index in [0.29, 0.717) is 0 Å². The minimum absolute atomic E-state index is 0.0160. The lowest BCUT2D eigenvalue weighted by Crippen LogP contribution is -2.15. The van der Waals surface area contributed by atoms with E-state index >= 15 is 0 Å². The standard InChI is InChI=1S/C31H26/c1-31(2)29-21-25(15-13-23-9-5-3-6-10-23)17-19-27(29)28-20-18-26(22-30(28)31)16-14-24-11-7-4-8-12-24/h3-22H,1-2H3/b15-13+,16-14+. The van der Waals surface area contributed by atoms with Crippen LogP contribution >= 0.6 is 0 Å². The number of rotatable bonds is 4.